The van der Waals surface area contributed by atoms with Crippen LogP contribution in [0, 0.1) is 25.5 Å². The first-order chi connectivity index (χ1) is 23.2. The average molecular weight is 724 g/mol. The van der Waals surface area contributed by atoms with Crippen molar-refractivity contribution in [1.82, 2.24) is 4.57 Å². The lowest BCUT2D eigenvalue weighted by Crippen LogP contribution is -2.41. The van der Waals surface area contributed by atoms with Crippen LogP contribution in [-0.4, -0.2) is 40.8 Å². The van der Waals surface area contributed by atoms with Crippen molar-refractivity contribution in [3.05, 3.63) is 99.5 Å². The van der Waals surface area contributed by atoms with E-state index in [1.165, 1.54) is 16.7 Å². The molecule has 2 heterocycles. The number of hydrogen-bond acceptors (Lipinski definition) is 7. The number of hydrogen-bond donors (Lipinski definition) is 0. The van der Waals surface area contributed by atoms with Crippen molar-refractivity contribution < 1.29 is 35.5 Å². The van der Waals surface area contributed by atoms with Crippen molar-refractivity contribution in [2.75, 3.05) is 19.5 Å². The number of pyridine rings is 1. The number of nitrogens with zero attached hydrogens (tertiary/aromatic N) is 1. The molecule has 0 unspecified atom stereocenters. The summed E-state index contributed by atoms with van der Waals surface area (Å²) in [5.74, 6) is -0.842. The molecule has 5 rings (SSSR count). The van der Waals surface area contributed by atoms with Crippen LogP contribution in [-0.2, 0) is 27.1 Å². The second-order valence-electron chi connectivity index (χ2n) is 14.3. The van der Waals surface area contributed by atoms with E-state index in [0.29, 0.717) is 41.7 Å². The predicted molar refractivity (Wildman–Crippen MR) is 195 cm³/mol. The van der Waals surface area contributed by atoms with Gasteiger partial charge in [0.15, 0.2) is 29.7 Å². The van der Waals surface area contributed by atoms with E-state index in [9.17, 15) is 22.0 Å². The summed E-state index contributed by atoms with van der Waals surface area (Å²) in [6.07, 6.45) is 2.68. The number of furan rings is 1. The number of sulfone groups is 1. The zero-order valence-electron chi connectivity index (χ0n) is 29.9. The van der Waals surface area contributed by atoms with Gasteiger partial charge in [-0.2, -0.15) is 0 Å². The lowest BCUT2D eigenvalue weighted by molar-refractivity contribution is 0.202. The topological polar surface area (TPSA) is 97.0 Å². The van der Waals surface area contributed by atoms with Gasteiger partial charge in [0.2, 0.25) is 0 Å². The zero-order chi connectivity index (χ0) is 36.8. The van der Waals surface area contributed by atoms with Gasteiger partial charge >= 0.3 is 0 Å². The standard InChI is InChI=1S/C38H43F2NO7SSi/c1-23-16-26(17-24(2)35(23)45-14-15-46-50(8,9)38(3,4)5)34-20-29-36(48-34)30(21-41(6)37(29)42)28-18-25(22-49(7,43)44)10-12-32(28)47-33-13-11-27(39)19-31(33)40/h10-13,16-21H,14-15,22H2,1-9H3. The number of aryl methyl sites for hydroxylation is 3. The van der Waals surface area contributed by atoms with E-state index in [-0.39, 0.29) is 38.8 Å². The minimum absolute atomic E-state index is 0.0992. The van der Waals surface area contributed by atoms with Crippen molar-refractivity contribution in [3.63, 3.8) is 0 Å². The van der Waals surface area contributed by atoms with Gasteiger partial charge in [0.1, 0.15) is 35.3 Å². The smallest absolute Gasteiger partial charge is 0.261 e. The van der Waals surface area contributed by atoms with Crippen LogP contribution in [0.3, 0.4) is 0 Å². The molecular formula is C38H43F2NO7SSi. The normalized spacial score (nSPS) is 12.5. The average Bonchev–Trinajstić information content (AvgIpc) is 3.45. The van der Waals surface area contributed by atoms with E-state index >= 15 is 0 Å². The third-order valence-electron chi connectivity index (χ3n) is 9.07. The molecule has 0 N–H and O–H groups in total. The Bertz CT molecular complexity index is 2230. The van der Waals surface area contributed by atoms with E-state index < -0.39 is 29.8 Å². The number of aromatic nitrogens is 1. The van der Waals surface area contributed by atoms with E-state index in [1.807, 2.05) is 26.0 Å². The summed E-state index contributed by atoms with van der Waals surface area (Å²) >= 11 is 0. The highest BCUT2D eigenvalue weighted by Gasteiger charge is 2.37. The minimum Gasteiger partial charge on any atom is -0.491 e. The number of fused-ring (bicyclic) bond motifs is 1. The third-order valence-corrected chi connectivity index (χ3v) is 14.5. The third kappa shape index (κ3) is 8.03. The molecule has 0 aliphatic heterocycles. The van der Waals surface area contributed by atoms with Gasteiger partial charge in [-0.15, -0.1) is 0 Å². The Morgan fingerprint density at radius 3 is 2.18 bits per heavy atom. The first kappa shape index (κ1) is 37.0. The van der Waals surface area contributed by atoms with Crippen molar-refractivity contribution in [1.29, 1.82) is 0 Å². The molecule has 0 saturated carbocycles. The van der Waals surface area contributed by atoms with Gasteiger partial charge in [-0.05, 0) is 91.1 Å². The van der Waals surface area contributed by atoms with Gasteiger partial charge in [0.05, 0.1) is 17.7 Å². The molecule has 0 atom stereocenters. The van der Waals surface area contributed by atoms with Gasteiger partial charge < -0.3 is 22.9 Å². The summed E-state index contributed by atoms with van der Waals surface area (Å²) in [4.78, 5) is 13.4. The Morgan fingerprint density at radius 2 is 1.56 bits per heavy atom. The largest absolute Gasteiger partial charge is 0.491 e. The molecule has 0 bridgehead atoms. The van der Waals surface area contributed by atoms with Crippen LogP contribution in [0.15, 0.2) is 70.0 Å². The quantitative estimate of drug-likeness (QED) is 0.0991. The molecule has 0 spiro atoms. The second-order valence-corrected chi connectivity index (χ2v) is 21.2. The first-order valence-electron chi connectivity index (χ1n) is 16.2. The number of ether oxygens (including phenoxy) is 2. The molecule has 0 fully saturated rings. The first-order valence-corrected chi connectivity index (χ1v) is 21.2. The highest BCUT2D eigenvalue weighted by molar-refractivity contribution is 7.89. The molecule has 8 nitrogen and oxygen atoms in total. The fraction of sp³-hybridized carbons (Fsp3) is 0.342. The number of rotatable bonds is 11. The Kier molecular flexibility index (Phi) is 10.2. The van der Waals surface area contributed by atoms with Crippen LogP contribution in [0.5, 0.6) is 17.2 Å². The molecule has 3 aromatic carbocycles. The van der Waals surface area contributed by atoms with Gasteiger partial charge in [-0.1, -0.05) is 26.8 Å². The number of halogens is 2. The Labute approximate surface area is 292 Å². The molecule has 0 saturated heterocycles. The van der Waals surface area contributed by atoms with Gasteiger partial charge in [-0.25, -0.2) is 17.2 Å². The van der Waals surface area contributed by atoms with Crippen LogP contribution in [0.4, 0.5) is 8.78 Å². The lowest BCUT2D eigenvalue weighted by atomic mass is 10.0. The van der Waals surface area contributed by atoms with Gasteiger partial charge in [0, 0.05) is 42.3 Å². The van der Waals surface area contributed by atoms with Crippen molar-refractivity contribution in [2.24, 2.45) is 7.05 Å². The maximum absolute atomic E-state index is 14.7. The summed E-state index contributed by atoms with van der Waals surface area (Å²) in [6.45, 7) is 15.8. The van der Waals surface area contributed by atoms with Crippen LogP contribution < -0.4 is 15.0 Å². The van der Waals surface area contributed by atoms with Crippen LogP contribution in [0.2, 0.25) is 18.1 Å². The van der Waals surface area contributed by atoms with E-state index in [2.05, 4.69) is 33.9 Å². The molecule has 0 amide bonds. The molecule has 266 valence electrons. The molecule has 12 heteroatoms. The fourth-order valence-corrected chi connectivity index (χ4v) is 7.32. The van der Waals surface area contributed by atoms with Crippen LogP contribution in [0.1, 0.15) is 37.5 Å². The maximum Gasteiger partial charge on any atom is 0.261 e. The predicted octanol–water partition coefficient (Wildman–Crippen LogP) is 9.10. The summed E-state index contributed by atoms with van der Waals surface area (Å²) in [6, 6.07) is 13.2. The van der Waals surface area contributed by atoms with Crippen molar-refractivity contribution >= 4 is 29.1 Å². The van der Waals surface area contributed by atoms with E-state index in [1.54, 1.807) is 31.4 Å². The zero-order valence-corrected chi connectivity index (χ0v) is 31.7. The molecule has 2 aromatic heterocycles. The molecular weight excluding hydrogens is 681 g/mol. The van der Waals surface area contributed by atoms with E-state index in [0.717, 1.165) is 34.8 Å². The summed E-state index contributed by atoms with van der Waals surface area (Å²) in [7, 11) is -3.73. The maximum atomic E-state index is 14.7. The second kappa shape index (κ2) is 13.8. The molecule has 0 aliphatic carbocycles. The SMILES string of the molecule is Cc1cc(-c2cc3c(=O)n(C)cc(-c4cc(CS(C)(=O)=O)ccc4Oc4ccc(F)cc4F)c3o2)cc(C)c1OCCO[Si](C)(C)C(C)(C)C. The summed E-state index contributed by atoms with van der Waals surface area (Å²) < 4.78 is 78.9. The Morgan fingerprint density at radius 1 is 0.900 bits per heavy atom. The van der Waals surface area contributed by atoms with Crippen LogP contribution in [0.25, 0.3) is 33.4 Å². The number of benzene rings is 3. The van der Waals surface area contributed by atoms with Crippen molar-refractivity contribution in [3.8, 4) is 39.7 Å². The Hall–Kier alpha value is -4.26. The van der Waals surface area contributed by atoms with Crippen LogP contribution >= 0.6 is 0 Å². The Balaban J connectivity index is 1.55. The van der Waals surface area contributed by atoms with Gasteiger partial charge in [0.25, 0.3) is 5.56 Å². The van der Waals surface area contributed by atoms with E-state index in [4.69, 9.17) is 18.3 Å². The molecule has 0 aliphatic rings. The molecule has 0 radical (unpaired) electrons. The molecule has 5 aromatic rings. The highest BCUT2D eigenvalue weighted by Crippen LogP contribution is 2.41. The lowest BCUT2D eigenvalue weighted by Gasteiger charge is -2.36. The monoisotopic (exact) mass is 723 g/mol. The van der Waals surface area contributed by atoms with Gasteiger partial charge in [-0.3, -0.25) is 4.79 Å². The molecule has 50 heavy (non-hydrogen) atoms. The summed E-state index contributed by atoms with van der Waals surface area (Å²) in [5.41, 5.74) is 3.63. The fourth-order valence-electron chi connectivity index (χ4n) is 5.51. The van der Waals surface area contributed by atoms with Crippen molar-refractivity contribution in [2.45, 2.75) is 58.5 Å². The summed E-state index contributed by atoms with van der Waals surface area (Å²) in [5, 5.41) is 0.382. The highest BCUT2D eigenvalue weighted by atomic mass is 32.2. The minimum atomic E-state index is -3.42.